The van der Waals surface area contributed by atoms with Crippen LogP contribution < -0.4 is 0 Å². The fourth-order valence-corrected chi connectivity index (χ4v) is 2.12. The molecule has 90 valence electrons. The molecule has 4 nitrogen and oxygen atoms in total. The molecule has 0 aliphatic carbocycles. The van der Waals surface area contributed by atoms with Gasteiger partial charge in [0.05, 0.1) is 0 Å². The fourth-order valence-electron chi connectivity index (χ4n) is 1.24. The van der Waals surface area contributed by atoms with Crippen molar-refractivity contribution in [2.75, 3.05) is 0 Å². The maximum absolute atomic E-state index is 10.5. The van der Waals surface area contributed by atoms with Gasteiger partial charge in [-0.2, -0.15) is 16.8 Å². The van der Waals surface area contributed by atoms with Gasteiger partial charge in [0.25, 0.3) is 20.6 Å². The second-order valence-electron chi connectivity index (χ2n) is 4.14. The largest absolute Gasteiger partial charge is 0.260 e. The van der Waals surface area contributed by atoms with Crippen LogP contribution in [0.15, 0.2) is 11.1 Å². The second kappa shape index (κ2) is 5.87. The standard InChI is InChI=1S/C10H14O4S2/c1-8(6-15(11)12)5-10(3,4)9(2)7-16(13)14/h5H2,1-4H3. The van der Waals surface area contributed by atoms with Crippen molar-refractivity contribution in [1.82, 2.24) is 0 Å². The molecule has 0 N–H and O–H groups in total. The molecule has 0 atom stereocenters. The molecule has 0 unspecified atom stereocenters. The predicted molar refractivity (Wildman–Crippen MR) is 64.6 cm³/mol. The highest BCUT2D eigenvalue weighted by molar-refractivity contribution is 7.71. The van der Waals surface area contributed by atoms with Crippen LogP contribution in [0.4, 0.5) is 0 Å². The molecule has 0 fully saturated rings. The lowest BCUT2D eigenvalue weighted by Crippen LogP contribution is -2.14. The Morgan fingerprint density at radius 1 is 1.00 bits per heavy atom. The third kappa shape index (κ3) is 5.73. The van der Waals surface area contributed by atoms with Crippen LogP contribution in [0.1, 0.15) is 34.1 Å². The fraction of sp³-hybridized carbons (Fsp3) is 0.600. The zero-order valence-corrected chi connectivity index (χ0v) is 11.3. The molecular formula is C10H14O4S2. The van der Waals surface area contributed by atoms with Crippen LogP contribution in [0, 0.1) is 5.41 Å². The van der Waals surface area contributed by atoms with Crippen LogP contribution in [0.2, 0.25) is 0 Å². The Hall–Kier alpha value is -1.06. The van der Waals surface area contributed by atoms with E-state index in [1.54, 1.807) is 13.8 Å². The maximum atomic E-state index is 10.5. The smallest absolute Gasteiger partial charge is 0.176 e. The third-order valence-electron chi connectivity index (χ3n) is 2.22. The van der Waals surface area contributed by atoms with E-state index in [-0.39, 0.29) is 0 Å². The van der Waals surface area contributed by atoms with E-state index in [4.69, 9.17) is 0 Å². The van der Waals surface area contributed by atoms with Gasteiger partial charge in [-0.3, -0.25) is 0 Å². The maximum Gasteiger partial charge on any atom is 0.260 e. The van der Waals surface area contributed by atoms with Crippen molar-refractivity contribution >= 4 is 30.6 Å². The van der Waals surface area contributed by atoms with E-state index in [1.807, 2.05) is 13.8 Å². The average molecular weight is 262 g/mol. The van der Waals surface area contributed by atoms with Crippen molar-refractivity contribution in [1.29, 1.82) is 0 Å². The van der Waals surface area contributed by atoms with Crippen molar-refractivity contribution in [2.24, 2.45) is 5.41 Å². The summed E-state index contributed by atoms with van der Waals surface area (Å²) in [6.45, 7) is 6.93. The summed E-state index contributed by atoms with van der Waals surface area (Å²) < 4.78 is 41.7. The van der Waals surface area contributed by atoms with Gasteiger partial charge in [-0.15, -0.1) is 0 Å². The molecule has 0 aromatic heterocycles. The molecule has 0 radical (unpaired) electrons. The van der Waals surface area contributed by atoms with Crippen molar-refractivity contribution in [3.63, 3.8) is 0 Å². The summed E-state index contributed by atoms with van der Waals surface area (Å²) in [4.78, 5) is 0. The molecule has 0 spiro atoms. The number of hydrogen-bond acceptors (Lipinski definition) is 4. The van der Waals surface area contributed by atoms with Crippen LogP contribution in [-0.2, 0) is 20.6 Å². The first-order valence-electron chi connectivity index (χ1n) is 4.53. The van der Waals surface area contributed by atoms with Crippen molar-refractivity contribution in [2.45, 2.75) is 34.1 Å². The van der Waals surface area contributed by atoms with Crippen LogP contribution in [-0.4, -0.2) is 26.9 Å². The van der Waals surface area contributed by atoms with Crippen molar-refractivity contribution in [3.05, 3.63) is 11.1 Å². The number of rotatable bonds is 3. The van der Waals surface area contributed by atoms with Crippen LogP contribution in [0.25, 0.3) is 0 Å². The number of hydrogen-bond donors (Lipinski definition) is 0. The summed E-state index contributed by atoms with van der Waals surface area (Å²) in [5.41, 5.74) is 0.645. The Balaban J connectivity index is 5.46. The first-order valence-corrected chi connectivity index (χ1v) is 6.68. The van der Waals surface area contributed by atoms with Gasteiger partial charge in [-0.1, -0.05) is 13.8 Å². The van der Waals surface area contributed by atoms with Crippen molar-refractivity contribution in [3.8, 4) is 0 Å². The van der Waals surface area contributed by atoms with E-state index in [0.717, 1.165) is 0 Å². The van der Waals surface area contributed by atoms with Gasteiger partial charge in [-0.05, 0) is 36.8 Å². The molecule has 0 aliphatic heterocycles. The van der Waals surface area contributed by atoms with Gasteiger partial charge >= 0.3 is 0 Å². The highest BCUT2D eigenvalue weighted by atomic mass is 32.2. The molecule has 0 saturated carbocycles. The predicted octanol–water partition coefficient (Wildman–Crippen LogP) is 0.856. The van der Waals surface area contributed by atoms with Gasteiger partial charge in [0.2, 0.25) is 0 Å². The Labute approximate surface area is 98.4 Å². The van der Waals surface area contributed by atoms with E-state index in [0.29, 0.717) is 17.6 Å². The minimum absolute atomic E-state index is 0.414. The Morgan fingerprint density at radius 2 is 1.44 bits per heavy atom. The Morgan fingerprint density at radius 3 is 1.81 bits per heavy atom. The molecule has 0 heterocycles. The van der Waals surface area contributed by atoms with Crippen LogP contribution >= 0.6 is 0 Å². The van der Waals surface area contributed by atoms with Crippen molar-refractivity contribution < 1.29 is 16.8 Å². The molecule has 0 saturated heterocycles. The average Bonchev–Trinajstić information content (AvgIpc) is 1.98. The summed E-state index contributed by atoms with van der Waals surface area (Å²) in [6, 6.07) is 0. The second-order valence-corrected chi connectivity index (χ2v) is 5.49. The summed E-state index contributed by atoms with van der Waals surface area (Å²) in [5.74, 6) is 0. The molecule has 0 amide bonds. The summed E-state index contributed by atoms with van der Waals surface area (Å²) in [7, 11) is -4.70. The quantitative estimate of drug-likeness (QED) is 0.707. The van der Waals surface area contributed by atoms with E-state index in [9.17, 15) is 16.8 Å². The Kier molecular flexibility index (Phi) is 5.48. The highest BCUT2D eigenvalue weighted by Gasteiger charge is 2.21. The summed E-state index contributed by atoms with van der Waals surface area (Å²) in [6.07, 6.45) is 0.414. The minimum Gasteiger partial charge on any atom is -0.176 e. The van der Waals surface area contributed by atoms with Gasteiger partial charge in [-0.25, -0.2) is 0 Å². The van der Waals surface area contributed by atoms with Crippen LogP contribution in [0.3, 0.4) is 0 Å². The zero-order chi connectivity index (χ0) is 12.9. The highest BCUT2D eigenvalue weighted by Crippen LogP contribution is 2.30. The lowest BCUT2D eigenvalue weighted by Gasteiger charge is -2.23. The molecule has 0 aromatic carbocycles. The van der Waals surface area contributed by atoms with Gasteiger partial charge < -0.3 is 0 Å². The van der Waals surface area contributed by atoms with E-state index < -0.39 is 26.0 Å². The summed E-state index contributed by atoms with van der Waals surface area (Å²) in [5, 5.41) is 4.53. The van der Waals surface area contributed by atoms with Gasteiger partial charge in [0, 0.05) is 10.0 Å². The molecule has 16 heavy (non-hydrogen) atoms. The van der Waals surface area contributed by atoms with E-state index >= 15 is 0 Å². The first kappa shape index (κ1) is 14.9. The molecule has 6 heteroatoms. The minimum atomic E-state index is -2.36. The Bertz CT molecular complexity index is 590. The summed E-state index contributed by atoms with van der Waals surface area (Å²) >= 11 is 0. The SMILES string of the molecule is CC(=C=S(=O)=O)CC(C)(C)C(C)=C=S(=O)=O. The zero-order valence-electron chi connectivity index (χ0n) is 9.66. The topological polar surface area (TPSA) is 68.3 Å². The van der Waals surface area contributed by atoms with Gasteiger partial charge in [0.15, 0.2) is 0 Å². The van der Waals surface area contributed by atoms with E-state index in [2.05, 4.69) is 10.0 Å². The van der Waals surface area contributed by atoms with Crippen LogP contribution in [0.5, 0.6) is 0 Å². The number of allylic oxidation sites excluding steroid dienone is 2. The molecule has 0 aliphatic rings. The molecule has 0 rings (SSSR count). The lowest BCUT2D eigenvalue weighted by molar-refractivity contribution is 0.449. The monoisotopic (exact) mass is 262 g/mol. The normalized spacial score (nSPS) is 10.0. The first-order chi connectivity index (χ1) is 7.15. The molecule has 0 aromatic rings. The molecular weight excluding hydrogens is 248 g/mol. The molecule has 0 bridgehead atoms. The lowest BCUT2D eigenvalue weighted by atomic mass is 9.81. The van der Waals surface area contributed by atoms with E-state index in [1.165, 1.54) is 0 Å². The third-order valence-corrected chi connectivity index (χ3v) is 3.20. The van der Waals surface area contributed by atoms with Gasteiger partial charge in [0.1, 0.15) is 0 Å².